The van der Waals surface area contributed by atoms with Crippen LogP contribution in [-0.2, 0) is 6.54 Å². The molecular formula is C13H19N3S. The lowest BCUT2D eigenvalue weighted by atomic mass is 10.2. The molecule has 1 saturated heterocycles. The molecule has 4 heteroatoms. The van der Waals surface area contributed by atoms with E-state index in [4.69, 9.17) is 0 Å². The smallest absolute Gasteiger partial charge is 0.157 e. The third-order valence-corrected chi connectivity index (χ3v) is 3.96. The van der Waals surface area contributed by atoms with Crippen LogP contribution in [0.1, 0.15) is 31.4 Å². The number of aryl methyl sites for hydroxylation is 1. The molecule has 0 saturated carbocycles. The number of aromatic nitrogens is 1. The van der Waals surface area contributed by atoms with Crippen molar-refractivity contribution in [2.75, 3.05) is 0 Å². The van der Waals surface area contributed by atoms with Crippen LogP contribution in [0.3, 0.4) is 0 Å². The molecule has 1 aromatic rings. The van der Waals surface area contributed by atoms with E-state index in [0.717, 1.165) is 11.7 Å². The van der Waals surface area contributed by atoms with Gasteiger partial charge in [-0.2, -0.15) is 0 Å². The number of pyridine rings is 1. The maximum Gasteiger partial charge on any atom is 0.157 e. The molecule has 2 heterocycles. The van der Waals surface area contributed by atoms with Crippen LogP contribution in [0, 0.1) is 6.92 Å². The molecule has 17 heavy (non-hydrogen) atoms. The van der Waals surface area contributed by atoms with Crippen LogP contribution in [0.25, 0.3) is 0 Å². The van der Waals surface area contributed by atoms with Crippen LogP contribution in [0.15, 0.2) is 23.5 Å². The normalized spacial score (nSPS) is 26.9. The van der Waals surface area contributed by atoms with Crippen molar-refractivity contribution in [2.24, 2.45) is 4.99 Å². The van der Waals surface area contributed by atoms with Crippen molar-refractivity contribution in [3.05, 3.63) is 29.6 Å². The van der Waals surface area contributed by atoms with Crippen molar-refractivity contribution >= 4 is 16.9 Å². The lowest BCUT2D eigenvalue weighted by Crippen LogP contribution is -2.38. The van der Waals surface area contributed by atoms with Crippen LogP contribution in [-0.4, -0.2) is 21.4 Å². The Hall–Kier alpha value is -1.03. The zero-order chi connectivity index (χ0) is 12.3. The van der Waals surface area contributed by atoms with Gasteiger partial charge in [0.15, 0.2) is 5.17 Å². The van der Waals surface area contributed by atoms with E-state index in [-0.39, 0.29) is 0 Å². The fraction of sp³-hybridized carbons (Fsp3) is 0.538. The predicted molar refractivity (Wildman–Crippen MR) is 74.4 cm³/mol. The summed E-state index contributed by atoms with van der Waals surface area (Å²) in [6.45, 7) is 7.29. The first-order chi connectivity index (χ1) is 8.15. The van der Waals surface area contributed by atoms with Gasteiger partial charge in [-0.05, 0) is 37.5 Å². The molecule has 0 spiro atoms. The van der Waals surface area contributed by atoms with E-state index < -0.39 is 0 Å². The molecule has 0 bridgehead atoms. The first-order valence-electron chi connectivity index (χ1n) is 6.02. The fourth-order valence-corrected chi connectivity index (χ4v) is 3.13. The highest BCUT2D eigenvalue weighted by Gasteiger charge is 2.19. The summed E-state index contributed by atoms with van der Waals surface area (Å²) in [5.41, 5.74) is 2.46. The number of rotatable bonds is 2. The molecule has 1 fully saturated rings. The average molecular weight is 249 g/mol. The molecule has 2 rings (SSSR count). The Kier molecular flexibility index (Phi) is 4.05. The lowest BCUT2D eigenvalue weighted by molar-refractivity contribution is 0.597. The summed E-state index contributed by atoms with van der Waals surface area (Å²) in [6.07, 6.45) is 4.93. The summed E-state index contributed by atoms with van der Waals surface area (Å²) in [4.78, 5) is 8.75. The topological polar surface area (TPSA) is 37.3 Å². The largest absolute Gasteiger partial charge is 0.362 e. The zero-order valence-electron chi connectivity index (χ0n) is 10.6. The van der Waals surface area contributed by atoms with E-state index in [1.54, 1.807) is 0 Å². The summed E-state index contributed by atoms with van der Waals surface area (Å²) < 4.78 is 0. The molecule has 1 aliphatic rings. The van der Waals surface area contributed by atoms with E-state index in [2.05, 4.69) is 36.1 Å². The van der Waals surface area contributed by atoms with Gasteiger partial charge in [0.2, 0.25) is 0 Å². The third kappa shape index (κ3) is 3.46. The first-order valence-corrected chi connectivity index (χ1v) is 6.90. The Morgan fingerprint density at radius 3 is 3.06 bits per heavy atom. The standard InChI is InChI=1S/C13H19N3S/c1-9-7-14-5-4-12(9)8-15-13-16-10(2)6-11(3)17-13/h4-5,7,10-11H,6,8H2,1-3H3,(H,15,16). The Balaban J connectivity index is 2.03. The quantitative estimate of drug-likeness (QED) is 0.875. The summed E-state index contributed by atoms with van der Waals surface area (Å²) in [5, 5.41) is 5.17. The Morgan fingerprint density at radius 1 is 1.53 bits per heavy atom. The zero-order valence-corrected chi connectivity index (χ0v) is 11.4. The van der Waals surface area contributed by atoms with E-state index in [9.17, 15) is 0 Å². The molecule has 0 radical (unpaired) electrons. The first kappa shape index (κ1) is 12.4. The van der Waals surface area contributed by atoms with Gasteiger partial charge in [0.1, 0.15) is 0 Å². The third-order valence-electron chi connectivity index (χ3n) is 2.90. The van der Waals surface area contributed by atoms with Crippen LogP contribution in [0.4, 0.5) is 0 Å². The number of thioether (sulfide) groups is 1. The number of aliphatic imine (C=N–C) groups is 1. The van der Waals surface area contributed by atoms with Crippen LogP contribution in [0.2, 0.25) is 0 Å². The minimum atomic E-state index is 0.531. The average Bonchev–Trinajstić information content (AvgIpc) is 2.27. The van der Waals surface area contributed by atoms with Crippen LogP contribution >= 0.6 is 11.8 Å². The molecule has 3 nitrogen and oxygen atoms in total. The van der Waals surface area contributed by atoms with Crippen molar-refractivity contribution in [3.8, 4) is 0 Å². The minimum Gasteiger partial charge on any atom is -0.362 e. The summed E-state index contributed by atoms with van der Waals surface area (Å²) >= 11 is 1.84. The minimum absolute atomic E-state index is 0.531. The maximum atomic E-state index is 4.66. The maximum absolute atomic E-state index is 4.66. The molecule has 1 aromatic heterocycles. The van der Waals surface area contributed by atoms with Crippen LogP contribution in [0.5, 0.6) is 0 Å². The van der Waals surface area contributed by atoms with Gasteiger partial charge in [-0.1, -0.05) is 18.7 Å². The monoisotopic (exact) mass is 249 g/mol. The van der Waals surface area contributed by atoms with Crippen molar-refractivity contribution in [1.29, 1.82) is 0 Å². The molecule has 1 aliphatic heterocycles. The van der Waals surface area contributed by atoms with Gasteiger partial charge in [0.05, 0.1) is 6.54 Å². The van der Waals surface area contributed by atoms with E-state index in [0.29, 0.717) is 11.3 Å². The van der Waals surface area contributed by atoms with E-state index in [1.807, 2.05) is 30.2 Å². The SMILES string of the molecule is Cc1cnccc1CN=C1NC(C)CC(C)S1. The lowest BCUT2D eigenvalue weighted by Gasteiger charge is -2.26. The highest BCUT2D eigenvalue weighted by Crippen LogP contribution is 2.22. The second-order valence-electron chi connectivity index (χ2n) is 4.63. The highest BCUT2D eigenvalue weighted by atomic mass is 32.2. The molecule has 2 atom stereocenters. The van der Waals surface area contributed by atoms with E-state index in [1.165, 1.54) is 17.5 Å². The van der Waals surface area contributed by atoms with Gasteiger partial charge >= 0.3 is 0 Å². The Labute approximate surface area is 107 Å². The number of amidine groups is 1. The van der Waals surface area contributed by atoms with Crippen LogP contribution < -0.4 is 5.32 Å². The van der Waals surface area contributed by atoms with Crippen molar-refractivity contribution in [1.82, 2.24) is 10.3 Å². The molecule has 2 unspecified atom stereocenters. The Morgan fingerprint density at radius 2 is 2.35 bits per heavy atom. The molecule has 92 valence electrons. The van der Waals surface area contributed by atoms with Gasteiger partial charge in [-0.15, -0.1) is 0 Å². The van der Waals surface area contributed by atoms with Gasteiger partial charge < -0.3 is 5.32 Å². The van der Waals surface area contributed by atoms with E-state index >= 15 is 0 Å². The number of nitrogens with zero attached hydrogens (tertiary/aromatic N) is 2. The second-order valence-corrected chi connectivity index (χ2v) is 6.06. The highest BCUT2D eigenvalue weighted by molar-refractivity contribution is 8.14. The van der Waals surface area contributed by atoms with Gasteiger partial charge in [-0.25, -0.2) is 0 Å². The van der Waals surface area contributed by atoms with Crippen molar-refractivity contribution < 1.29 is 0 Å². The van der Waals surface area contributed by atoms with Gasteiger partial charge in [-0.3, -0.25) is 9.98 Å². The van der Waals surface area contributed by atoms with Gasteiger partial charge in [0.25, 0.3) is 0 Å². The number of nitrogens with one attached hydrogen (secondary N) is 1. The van der Waals surface area contributed by atoms with Crippen molar-refractivity contribution in [2.45, 2.75) is 45.0 Å². The molecule has 0 amide bonds. The Bertz CT molecular complexity index is 405. The summed E-state index contributed by atoms with van der Waals surface area (Å²) in [7, 11) is 0. The summed E-state index contributed by atoms with van der Waals surface area (Å²) in [5.74, 6) is 0. The number of hydrogen-bond donors (Lipinski definition) is 1. The van der Waals surface area contributed by atoms with Crippen molar-refractivity contribution in [3.63, 3.8) is 0 Å². The number of hydrogen-bond acceptors (Lipinski definition) is 3. The second kappa shape index (κ2) is 5.54. The molecule has 1 N–H and O–H groups in total. The van der Waals surface area contributed by atoms with Gasteiger partial charge in [0, 0.05) is 23.7 Å². The molecular weight excluding hydrogens is 230 g/mol. The predicted octanol–water partition coefficient (Wildman–Crippen LogP) is 2.75. The molecule has 0 aliphatic carbocycles. The molecule has 0 aromatic carbocycles. The fourth-order valence-electron chi connectivity index (χ4n) is 1.96. The summed E-state index contributed by atoms with van der Waals surface area (Å²) in [6, 6.07) is 2.57.